The second kappa shape index (κ2) is 8.39. The van der Waals surface area contributed by atoms with E-state index in [1.165, 1.54) is 16.2 Å². The Morgan fingerprint density at radius 1 is 1.38 bits per heavy atom. The van der Waals surface area contributed by atoms with Crippen LogP contribution in [0.25, 0.3) is 21.6 Å². The highest BCUT2D eigenvalue weighted by Gasteiger charge is 2.17. The van der Waals surface area contributed by atoms with Gasteiger partial charge in [0.25, 0.3) is 5.91 Å². The van der Waals surface area contributed by atoms with Gasteiger partial charge in [-0.1, -0.05) is 24.0 Å². The average Bonchev–Trinajstić information content (AvgIpc) is 3.18. The summed E-state index contributed by atoms with van der Waals surface area (Å²) in [6.07, 6.45) is 1.03. The monoisotopic (exact) mass is 408 g/mol. The number of carbonyl (C=O) groups is 2. The van der Waals surface area contributed by atoms with Gasteiger partial charge in [0, 0.05) is 31.1 Å². The lowest BCUT2D eigenvalue weighted by Crippen LogP contribution is -2.29. The molecule has 7 nitrogen and oxygen atoms in total. The summed E-state index contributed by atoms with van der Waals surface area (Å²) >= 11 is 1.37. The van der Waals surface area contributed by atoms with E-state index in [0.717, 1.165) is 0 Å². The zero-order chi connectivity index (χ0) is 21.0. The molecule has 3 N–H and O–H groups in total. The van der Waals surface area contributed by atoms with E-state index in [9.17, 15) is 14.7 Å². The van der Waals surface area contributed by atoms with Crippen molar-refractivity contribution in [1.82, 2.24) is 14.9 Å². The zero-order valence-corrected chi connectivity index (χ0v) is 16.9. The standard InChI is InChI=1S/C21H20N4O3S/c1-21(28,9-10-25(2)13-26)8-6-14-4-3-5-15(12-14)20-23-16-7-11-29-18(16)17(24-20)19(22)27/h3-5,7,11-13,28H,9-10H2,1-2H3,(H2,22,27). The maximum absolute atomic E-state index is 11.8. The van der Waals surface area contributed by atoms with Crippen LogP contribution in [0.5, 0.6) is 0 Å². The third kappa shape index (κ3) is 4.96. The molecule has 0 spiro atoms. The van der Waals surface area contributed by atoms with Gasteiger partial charge >= 0.3 is 0 Å². The number of hydrogen-bond acceptors (Lipinski definition) is 6. The Bertz CT molecular complexity index is 1130. The Labute approximate surface area is 172 Å². The molecule has 0 fully saturated rings. The average molecular weight is 408 g/mol. The van der Waals surface area contributed by atoms with Crippen molar-refractivity contribution in [2.45, 2.75) is 18.9 Å². The molecule has 3 rings (SSSR count). The van der Waals surface area contributed by atoms with E-state index in [1.807, 2.05) is 23.6 Å². The molecule has 0 aliphatic heterocycles. The van der Waals surface area contributed by atoms with Crippen molar-refractivity contribution in [3.8, 4) is 23.2 Å². The minimum atomic E-state index is -1.24. The van der Waals surface area contributed by atoms with Crippen molar-refractivity contribution in [2.24, 2.45) is 5.73 Å². The predicted octanol–water partition coefficient (Wildman–Crippen LogP) is 2.04. The van der Waals surface area contributed by atoms with Gasteiger partial charge in [-0.3, -0.25) is 9.59 Å². The predicted molar refractivity (Wildman–Crippen MR) is 112 cm³/mol. The summed E-state index contributed by atoms with van der Waals surface area (Å²) in [5, 5.41) is 12.2. The lowest BCUT2D eigenvalue weighted by molar-refractivity contribution is -0.117. The molecule has 0 radical (unpaired) electrons. The molecule has 1 atom stereocenters. The minimum Gasteiger partial charge on any atom is -0.378 e. The Hall–Kier alpha value is -3.28. The van der Waals surface area contributed by atoms with Crippen molar-refractivity contribution >= 4 is 33.9 Å². The van der Waals surface area contributed by atoms with Crippen LogP contribution in [-0.2, 0) is 4.79 Å². The van der Waals surface area contributed by atoms with Gasteiger partial charge in [-0.25, -0.2) is 9.97 Å². The number of fused-ring (bicyclic) bond motifs is 1. The summed E-state index contributed by atoms with van der Waals surface area (Å²) in [5.74, 6) is 5.57. The summed E-state index contributed by atoms with van der Waals surface area (Å²) in [7, 11) is 1.64. The van der Waals surface area contributed by atoms with Gasteiger partial charge in [-0.15, -0.1) is 11.3 Å². The molecule has 0 saturated carbocycles. The number of nitrogens with zero attached hydrogens (tertiary/aromatic N) is 3. The number of aliphatic hydroxyl groups is 1. The van der Waals surface area contributed by atoms with Crippen LogP contribution in [0.3, 0.4) is 0 Å². The molecular weight excluding hydrogens is 388 g/mol. The van der Waals surface area contributed by atoms with Crippen molar-refractivity contribution in [1.29, 1.82) is 0 Å². The fourth-order valence-corrected chi connectivity index (χ4v) is 3.44. The molecule has 2 heterocycles. The van der Waals surface area contributed by atoms with E-state index in [-0.39, 0.29) is 5.69 Å². The van der Waals surface area contributed by atoms with Gasteiger partial charge in [0.05, 0.1) is 10.2 Å². The second-order valence-corrected chi connectivity index (χ2v) is 7.75. The molecule has 2 amide bonds. The summed E-state index contributed by atoms with van der Waals surface area (Å²) < 4.78 is 0.661. The number of carbonyl (C=O) groups excluding carboxylic acids is 2. The van der Waals surface area contributed by atoms with E-state index in [4.69, 9.17) is 5.73 Å². The Kier molecular flexibility index (Phi) is 5.92. The van der Waals surface area contributed by atoms with Gasteiger partial charge in [-0.2, -0.15) is 0 Å². The number of amides is 2. The Balaban J connectivity index is 1.90. The van der Waals surface area contributed by atoms with E-state index in [0.29, 0.717) is 46.5 Å². The number of benzene rings is 1. The lowest BCUT2D eigenvalue weighted by atomic mass is 10.0. The van der Waals surface area contributed by atoms with Gasteiger partial charge in [0.2, 0.25) is 6.41 Å². The minimum absolute atomic E-state index is 0.193. The molecule has 8 heteroatoms. The molecule has 148 valence electrons. The molecule has 0 bridgehead atoms. The summed E-state index contributed by atoms with van der Waals surface area (Å²) in [5.41, 5.74) is 6.44. The Morgan fingerprint density at radius 2 is 2.17 bits per heavy atom. The molecule has 29 heavy (non-hydrogen) atoms. The van der Waals surface area contributed by atoms with Crippen molar-refractivity contribution < 1.29 is 14.7 Å². The lowest BCUT2D eigenvalue weighted by Gasteiger charge is -2.19. The summed E-state index contributed by atoms with van der Waals surface area (Å²) in [6.45, 7) is 2.00. The number of aromatic nitrogens is 2. The maximum Gasteiger partial charge on any atom is 0.268 e. The fourth-order valence-electron chi connectivity index (χ4n) is 2.61. The van der Waals surface area contributed by atoms with Crippen LogP contribution in [-0.4, -0.2) is 51.5 Å². The largest absolute Gasteiger partial charge is 0.378 e. The first kappa shape index (κ1) is 20.5. The molecule has 1 aromatic carbocycles. The van der Waals surface area contributed by atoms with E-state index in [1.54, 1.807) is 26.1 Å². The molecule has 0 aliphatic carbocycles. The number of nitrogens with two attached hydrogens (primary N) is 1. The van der Waals surface area contributed by atoms with E-state index >= 15 is 0 Å². The van der Waals surface area contributed by atoms with Crippen LogP contribution < -0.4 is 5.73 Å². The number of hydrogen-bond donors (Lipinski definition) is 2. The third-order valence-corrected chi connectivity index (χ3v) is 5.18. The van der Waals surface area contributed by atoms with Crippen LogP contribution in [0.15, 0.2) is 35.7 Å². The summed E-state index contributed by atoms with van der Waals surface area (Å²) in [4.78, 5) is 32.7. The highest BCUT2D eigenvalue weighted by Crippen LogP contribution is 2.26. The molecule has 2 aromatic heterocycles. The molecule has 0 saturated heterocycles. The fraction of sp³-hybridized carbons (Fsp3) is 0.238. The smallest absolute Gasteiger partial charge is 0.268 e. The van der Waals surface area contributed by atoms with Crippen molar-refractivity contribution in [3.63, 3.8) is 0 Å². The van der Waals surface area contributed by atoms with Crippen LogP contribution in [0.2, 0.25) is 0 Å². The highest BCUT2D eigenvalue weighted by molar-refractivity contribution is 7.17. The van der Waals surface area contributed by atoms with E-state index < -0.39 is 11.5 Å². The number of primary amides is 1. The molecule has 0 aliphatic rings. The van der Waals surface area contributed by atoms with Gasteiger partial charge in [-0.05, 0) is 30.5 Å². The van der Waals surface area contributed by atoms with Crippen molar-refractivity contribution in [3.05, 3.63) is 47.0 Å². The van der Waals surface area contributed by atoms with Crippen LogP contribution in [0.1, 0.15) is 29.4 Å². The molecular formula is C21H20N4O3S. The van der Waals surface area contributed by atoms with Crippen molar-refractivity contribution in [2.75, 3.05) is 13.6 Å². The van der Waals surface area contributed by atoms with Crippen LogP contribution in [0, 0.1) is 11.8 Å². The van der Waals surface area contributed by atoms with Gasteiger partial charge in [0.1, 0.15) is 11.3 Å². The SMILES string of the molecule is CN(C=O)CCC(C)(O)C#Cc1cccc(-c2nc(C(N)=O)c3sccc3n2)c1. The Morgan fingerprint density at radius 3 is 2.90 bits per heavy atom. The zero-order valence-electron chi connectivity index (χ0n) is 16.0. The quantitative estimate of drug-likeness (QED) is 0.479. The summed E-state index contributed by atoms with van der Waals surface area (Å²) in [6, 6.07) is 9.04. The normalized spacial score (nSPS) is 12.7. The van der Waals surface area contributed by atoms with E-state index in [2.05, 4.69) is 21.8 Å². The topological polar surface area (TPSA) is 109 Å². The molecule has 3 aromatic rings. The van der Waals surface area contributed by atoms with Crippen LogP contribution >= 0.6 is 11.3 Å². The van der Waals surface area contributed by atoms with Crippen LogP contribution in [0.4, 0.5) is 0 Å². The van der Waals surface area contributed by atoms with Gasteiger partial charge < -0.3 is 15.7 Å². The first-order valence-corrected chi connectivity index (χ1v) is 9.73. The number of thiophene rings is 1. The second-order valence-electron chi connectivity index (χ2n) is 6.84. The molecule has 1 unspecified atom stereocenters. The van der Waals surface area contributed by atoms with Gasteiger partial charge in [0.15, 0.2) is 5.82 Å². The number of rotatable bonds is 6. The maximum atomic E-state index is 11.8. The first-order chi connectivity index (χ1) is 13.8. The first-order valence-electron chi connectivity index (χ1n) is 8.85. The third-order valence-electron chi connectivity index (χ3n) is 4.27. The highest BCUT2D eigenvalue weighted by atomic mass is 32.1.